The van der Waals surface area contributed by atoms with Crippen LogP contribution in [0, 0.1) is 0 Å². The summed E-state index contributed by atoms with van der Waals surface area (Å²) < 4.78 is 0.665. The van der Waals surface area contributed by atoms with Crippen molar-refractivity contribution in [1.29, 1.82) is 0 Å². The third-order valence-corrected chi connectivity index (χ3v) is 5.34. The van der Waals surface area contributed by atoms with Crippen molar-refractivity contribution >= 4 is 46.0 Å². The number of nitrogens with zero attached hydrogens (tertiary/aromatic N) is 2. The van der Waals surface area contributed by atoms with E-state index in [-0.39, 0.29) is 5.91 Å². The van der Waals surface area contributed by atoms with Crippen molar-refractivity contribution in [3.05, 3.63) is 22.1 Å². The van der Waals surface area contributed by atoms with Crippen LogP contribution in [0.5, 0.6) is 0 Å². The van der Waals surface area contributed by atoms with Gasteiger partial charge in [-0.3, -0.25) is 9.69 Å². The van der Waals surface area contributed by atoms with Crippen molar-refractivity contribution in [3.63, 3.8) is 0 Å². The lowest BCUT2D eigenvalue weighted by molar-refractivity contribution is -0.122. The molecule has 98 valence electrons. The molecule has 2 aliphatic heterocycles. The monoisotopic (exact) mass is 300 g/mol. The van der Waals surface area contributed by atoms with E-state index in [1.54, 1.807) is 4.90 Å². The third kappa shape index (κ3) is 2.75. The van der Waals surface area contributed by atoms with Crippen molar-refractivity contribution in [2.75, 3.05) is 25.4 Å². The fraction of sp³-hybridized carbons (Fsp3) is 0.500. The highest BCUT2D eigenvalue weighted by Gasteiger charge is 2.30. The van der Waals surface area contributed by atoms with Crippen molar-refractivity contribution in [3.8, 4) is 0 Å². The van der Waals surface area contributed by atoms with E-state index in [1.165, 1.54) is 16.8 Å². The molecular formula is C12H16N2OS3. The van der Waals surface area contributed by atoms with E-state index in [4.69, 9.17) is 12.2 Å². The van der Waals surface area contributed by atoms with E-state index in [0.29, 0.717) is 10.9 Å². The zero-order chi connectivity index (χ0) is 13.1. The number of carbonyl (C=O) groups excluding carboxylic acids is 1. The van der Waals surface area contributed by atoms with Gasteiger partial charge in [0.05, 0.1) is 9.93 Å². The van der Waals surface area contributed by atoms with Crippen LogP contribution in [0.4, 0.5) is 0 Å². The van der Waals surface area contributed by atoms with Crippen LogP contribution in [0.3, 0.4) is 0 Å². The molecule has 0 aromatic carbocycles. The van der Waals surface area contributed by atoms with E-state index in [0.717, 1.165) is 23.7 Å². The van der Waals surface area contributed by atoms with Crippen LogP contribution >= 0.6 is 35.7 Å². The van der Waals surface area contributed by atoms with Gasteiger partial charge in [-0.1, -0.05) is 24.0 Å². The second kappa shape index (κ2) is 6.12. The maximum atomic E-state index is 12.0. The third-order valence-electron chi connectivity index (χ3n) is 2.87. The Labute approximate surface area is 122 Å². The lowest BCUT2D eigenvalue weighted by atomic mass is 10.4. The zero-order valence-corrected chi connectivity index (χ0v) is 13.0. The summed E-state index contributed by atoms with van der Waals surface area (Å²) in [6.07, 6.45) is 3.95. The van der Waals surface area contributed by atoms with Gasteiger partial charge < -0.3 is 4.90 Å². The summed E-state index contributed by atoms with van der Waals surface area (Å²) in [6, 6.07) is 0. The van der Waals surface area contributed by atoms with Gasteiger partial charge in [0.2, 0.25) is 0 Å². The number of likely N-dealkylation sites (N-methyl/N-ethyl adjacent to an activating group) is 1. The van der Waals surface area contributed by atoms with Crippen LogP contribution in [-0.2, 0) is 4.79 Å². The number of hydrogen-bond donors (Lipinski definition) is 0. The Morgan fingerprint density at radius 3 is 2.72 bits per heavy atom. The van der Waals surface area contributed by atoms with Crippen LogP contribution in [0.2, 0.25) is 0 Å². The first-order valence-corrected chi connectivity index (χ1v) is 8.21. The Bertz CT molecular complexity index is 431. The summed E-state index contributed by atoms with van der Waals surface area (Å²) in [7, 11) is 0. The highest BCUT2D eigenvalue weighted by molar-refractivity contribution is 8.26. The van der Waals surface area contributed by atoms with Crippen LogP contribution in [-0.4, -0.2) is 45.4 Å². The molecule has 6 heteroatoms. The Hall–Kier alpha value is -0.460. The molecule has 0 unspecified atom stereocenters. The number of carbonyl (C=O) groups is 1. The molecule has 0 atom stereocenters. The molecule has 2 aliphatic rings. The fourth-order valence-corrected chi connectivity index (χ4v) is 4.28. The molecule has 0 saturated carbocycles. The second-order valence-electron chi connectivity index (χ2n) is 3.88. The topological polar surface area (TPSA) is 23.6 Å². The van der Waals surface area contributed by atoms with Crippen molar-refractivity contribution in [1.82, 2.24) is 9.80 Å². The first-order valence-electron chi connectivity index (χ1n) is 6.00. The van der Waals surface area contributed by atoms with Gasteiger partial charge in [0.25, 0.3) is 5.91 Å². The van der Waals surface area contributed by atoms with E-state index < -0.39 is 0 Å². The number of amides is 1. The number of thiocarbonyl (C=S) groups is 1. The molecule has 0 spiro atoms. The first-order chi connectivity index (χ1) is 8.67. The van der Waals surface area contributed by atoms with Gasteiger partial charge in [-0.25, -0.2) is 0 Å². The predicted molar refractivity (Wildman–Crippen MR) is 83.4 cm³/mol. The Morgan fingerprint density at radius 2 is 2.11 bits per heavy atom. The standard InChI is InChI=1S/C12H16N2OS3/c1-3-13-7-8-17-10(13)6-5-9-11(15)14(4-2)12(16)18-9/h5-6H,3-4,7-8H2,1-2H3/b9-5+,10-6-. The minimum atomic E-state index is 0.0374. The largest absolute Gasteiger partial charge is 0.366 e. The van der Waals surface area contributed by atoms with Crippen molar-refractivity contribution in [2.45, 2.75) is 13.8 Å². The lowest BCUT2D eigenvalue weighted by Gasteiger charge is -2.15. The summed E-state index contributed by atoms with van der Waals surface area (Å²) in [4.78, 5) is 16.7. The van der Waals surface area contributed by atoms with Gasteiger partial charge in [0, 0.05) is 25.4 Å². The van der Waals surface area contributed by atoms with Gasteiger partial charge >= 0.3 is 0 Å². The van der Waals surface area contributed by atoms with Crippen LogP contribution in [0.15, 0.2) is 22.1 Å². The molecule has 3 nitrogen and oxygen atoms in total. The molecule has 2 heterocycles. The lowest BCUT2D eigenvalue weighted by Crippen LogP contribution is -2.27. The maximum Gasteiger partial charge on any atom is 0.266 e. The summed E-state index contributed by atoms with van der Waals surface area (Å²) in [5.74, 6) is 1.17. The molecule has 2 fully saturated rings. The van der Waals surface area contributed by atoms with E-state index in [2.05, 4.69) is 11.8 Å². The quantitative estimate of drug-likeness (QED) is 0.589. The molecule has 2 saturated heterocycles. The predicted octanol–water partition coefficient (Wildman–Crippen LogP) is 2.66. The fourth-order valence-electron chi connectivity index (χ4n) is 1.86. The first kappa shape index (κ1) is 14.0. The molecule has 0 aliphatic carbocycles. The van der Waals surface area contributed by atoms with Crippen LogP contribution in [0.1, 0.15) is 13.8 Å². The van der Waals surface area contributed by atoms with Gasteiger partial charge in [0.15, 0.2) is 0 Å². The van der Waals surface area contributed by atoms with Crippen molar-refractivity contribution in [2.24, 2.45) is 0 Å². The van der Waals surface area contributed by atoms with Crippen molar-refractivity contribution < 1.29 is 4.79 Å². The molecule has 0 aromatic heterocycles. The summed E-state index contributed by atoms with van der Waals surface area (Å²) >= 11 is 8.42. The number of thioether (sulfide) groups is 2. The molecule has 0 N–H and O–H groups in total. The average molecular weight is 300 g/mol. The molecule has 1 amide bonds. The Morgan fingerprint density at radius 1 is 1.33 bits per heavy atom. The normalized spacial score (nSPS) is 25.0. The highest BCUT2D eigenvalue weighted by atomic mass is 32.2. The maximum absolute atomic E-state index is 12.0. The number of rotatable bonds is 3. The minimum absolute atomic E-state index is 0.0374. The second-order valence-corrected chi connectivity index (χ2v) is 6.67. The van der Waals surface area contributed by atoms with Gasteiger partial charge in [-0.2, -0.15) is 0 Å². The molecular weight excluding hydrogens is 284 g/mol. The summed E-state index contributed by atoms with van der Waals surface area (Å²) in [6.45, 7) is 6.85. The van der Waals surface area contributed by atoms with E-state index in [1.807, 2.05) is 30.8 Å². The molecule has 18 heavy (non-hydrogen) atoms. The molecule has 0 aromatic rings. The smallest absolute Gasteiger partial charge is 0.266 e. The molecule has 0 bridgehead atoms. The van der Waals surface area contributed by atoms with Gasteiger partial charge in [-0.15, -0.1) is 11.8 Å². The SMILES string of the molecule is CCN1C(=O)/C(=C\C=C2/SCCN2CC)SC1=S. The highest BCUT2D eigenvalue weighted by Crippen LogP contribution is 2.32. The summed E-state index contributed by atoms with van der Waals surface area (Å²) in [5, 5.41) is 1.25. The van der Waals surface area contributed by atoms with Crippen LogP contribution < -0.4 is 0 Å². The minimum Gasteiger partial charge on any atom is -0.366 e. The van der Waals surface area contributed by atoms with Gasteiger partial charge in [-0.05, 0) is 26.0 Å². The van der Waals surface area contributed by atoms with E-state index in [9.17, 15) is 4.79 Å². The Kier molecular flexibility index (Phi) is 4.75. The molecule has 0 radical (unpaired) electrons. The van der Waals surface area contributed by atoms with Gasteiger partial charge in [0.1, 0.15) is 4.32 Å². The number of allylic oxidation sites excluding steroid dienone is 2. The summed E-state index contributed by atoms with van der Waals surface area (Å²) in [5.41, 5.74) is 0. The van der Waals surface area contributed by atoms with E-state index >= 15 is 0 Å². The average Bonchev–Trinajstić information content (AvgIpc) is 2.91. The number of hydrogen-bond acceptors (Lipinski definition) is 5. The zero-order valence-electron chi connectivity index (χ0n) is 10.5. The van der Waals surface area contributed by atoms with Crippen LogP contribution in [0.25, 0.3) is 0 Å². The Balaban J connectivity index is 2.13. The molecule has 2 rings (SSSR count).